The molecular formula is C19H28ClN3O3. The van der Waals surface area contributed by atoms with Crippen LogP contribution in [0.5, 0.6) is 0 Å². The van der Waals surface area contributed by atoms with Crippen LogP contribution >= 0.6 is 11.6 Å². The number of nitrogens with zero attached hydrogens (tertiary/aromatic N) is 2. The lowest BCUT2D eigenvalue weighted by atomic mass is 9.99. The van der Waals surface area contributed by atoms with Gasteiger partial charge in [-0.1, -0.05) is 37.9 Å². The SMILES string of the molecule is CCC(C)C(NC(=O)CN1CCN(c2cccc(Cl)c2)CC1)C(=O)OC. The zero-order valence-corrected chi connectivity index (χ0v) is 16.5. The number of piperazine rings is 1. The normalized spacial score (nSPS) is 17.5. The van der Waals surface area contributed by atoms with E-state index >= 15 is 0 Å². The second-order valence-electron chi connectivity index (χ2n) is 6.70. The van der Waals surface area contributed by atoms with Crippen molar-refractivity contribution in [3.8, 4) is 0 Å². The standard InChI is InChI=1S/C19H28ClN3O3/c1-4-14(2)18(19(25)26-3)21-17(24)13-22-8-10-23(11-9-22)16-7-5-6-15(20)12-16/h5-7,12,14,18H,4,8-11,13H2,1-3H3,(H,21,24). The maximum atomic E-state index is 12.4. The summed E-state index contributed by atoms with van der Waals surface area (Å²) in [4.78, 5) is 28.6. The average Bonchev–Trinajstić information content (AvgIpc) is 2.65. The number of amides is 1. The van der Waals surface area contributed by atoms with Gasteiger partial charge in [0, 0.05) is 36.9 Å². The van der Waals surface area contributed by atoms with E-state index in [1.165, 1.54) is 7.11 Å². The molecule has 6 nitrogen and oxygen atoms in total. The van der Waals surface area contributed by atoms with Crippen LogP contribution in [-0.4, -0.2) is 62.7 Å². The molecule has 26 heavy (non-hydrogen) atoms. The predicted octanol–water partition coefficient (Wildman–Crippen LogP) is 2.17. The highest BCUT2D eigenvalue weighted by Crippen LogP contribution is 2.20. The number of nitrogens with one attached hydrogen (secondary N) is 1. The van der Waals surface area contributed by atoms with Gasteiger partial charge < -0.3 is 15.0 Å². The van der Waals surface area contributed by atoms with Crippen molar-refractivity contribution in [1.29, 1.82) is 0 Å². The lowest BCUT2D eigenvalue weighted by Gasteiger charge is -2.36. The summed E-state index contributed by atoms with van der Waals surface area (Å²) < 4.78 is 4.81. The molecule has 1 fully saturated rings. The van der Waals surface area contributed by atoms with E-state index in [-0.39, 0.29) is 18.4 Å². The van der Waals surface area contributed by atoms with Crippen LogP contribution in [-0.2, 0) is 14.3 Å². The van der Waals surface area contributed by atoms with E-state index in [0.717, 1.165) is 43.3 Å². The first kappa shape index (κ1) is 20.5. The Bertz CT molecular complexity index is 618. The zero-order chi connectivity index (χ0) is 19.1. The summed E-state index contributed by atoms with van der Waals surface area (Å²) in [5.74, 6) is -0.499. The Balaban J connectivity index is 1.84. The number of hydrogen-bond acceptors (Lipinski definition) is 5. The largest absolute Gasteiger partial charge is 0.467 e. The first-order valence-corrected chi connectivity index (χ1v) is 9.42. The molecule has 144 valence electrons. The number of hydrogen-bond donors (Lipinski definition) is 1. The number of esters is 1. The third-order valence-corrected chi connectivity index (χ3v) is 5.13. The molecule has 0 saturated carbocycles. The van der Waals surface area contributed by atoms with E-state index in [0.29, 0.717) is 0 Å². The summed E-state index contributed by atoms with van der Waals surface area (Å²) in [7, 11) is 1.35. The van der Waals surface area contributed by atoms with Gasteiger partial charge in [0.05, 0.1) is 13.7 Å². The van der Waals surface area contributed by atoms with Crippen LogP contribution in [0.4, 0.5) is 5.69 Å². The van der Waals surface area contributed by atoms with Crippen molar-refractivity contribution in [2.45, 2.75) is 26.3 Å². The van der Waals surface area contributed by atoms with Gasteiger partial charge in [-0.3, -0.25) is 9.69 Å². The summed E-state index contributed by atoms with van der Waals surface area (Å²) in [5, 5.41) is 3.56. The number of halogens is 1. The minimum absolute atomic E-state index is 0.0334. The van der Waals surface area contributed by atoms with E-state index in [1.54, 1.807) is 0 Å². The van der Waals surface area contributed by atoms with Crippen LogP contribution in [0.2, 0.25) is 5.02 Å². The van der Waals surface area contributed by atoms with Gasteiger partial charge in [-0.2, -0.15) is 0 Å². The highest BCUT2D eigenvalue weighted by molar-refractivity contribution is 6.30. The first-order chi connectivity index (χ1) is 12.4. The summed E-state index contributed by atoms with van der Waals surface area (Å²) in [6.07, 6.45) is 0.790. The van der Waals surface area contributed by atoms with E-state index in [1.807, 2.05) is 38.1 Å². The summed E-state index contributed by atoms with van der Waals surface area (Å²) in [5.41, 5.74) is 1.10. The first-order valence-electron chi connectivity index (χ1n) is 9.04. The van der Waals surface area contributed by atoms with E-state index in [9.17, 15) is 9.59 Å². The number of ether oxygens (including phenoxy) is 1. The van der Waals surface area contributed by atoms with Gasteiger partial charge in [-0.15, -0.1) is 0 Å². The second kappa shape index (κ2) is 9.78. The number of carbonyl (C=O) groups is 2. The summed E-state index contributed by atoms with van der Waals surface area (Å²) >= 11 is 6.06. The molecule has 2 rings (SSSR count). The van der Waals surface area contributed by atoms with Crippen LogP contribution in [0, 0.1) is 5.92 Å². The molecule has 1 saturated heterocycles. The van der Waals surface area contributed by atoms with Crippen LogP contribution in [0.3, 0.4) is 0 Å². The van der Waals surface area contributed by atoms with E-state index < -0.39 is 12.0 Å². The van der Waals surface area contributed by atoms with Crippen molar-refractivity contribution in [3.05, 3.63) is 29.3 Å². The van der Waals surface area contributed by atoms with Gasteiger partial charge in [0.15, 0.2) is 0 Å². The lowest BCUT2D eigenvalue weighted by Crippen LogP contribution is -2.52. The Morgan fingerprint density at radius 3 is 2.54 bits per heavy atom. The number of benzene rings is 1. The number of carbonyl (C=O) groups excluding carboxylic acids is 2. The fraction of sp³-hybridized carbons (Fsp3) is 0.579. The Morgan fingerprint density at radius 1 is 1.27 bits per heavy atom. The molecule has 1 heterocycles. The number of rotatable bonds is 7. The van der Waals surface area contributed by atoms with Crippen LogP contribution < -0.4 is 10.2 Å². The van der Waals surface area contributed by atoms with Crippen molar-refractivity contribution >= 4 is 29.2 Å². The molecule has 1 aliphatic rings. The molecule has 1 N–H and O–H groups in total. The molecule has 0 spiro atoms. The third-order valence-electron chi connectivity index (χ3n) is 4.90. The second-order valence-corrected chi connectivity index (χ2v) is 7.13. The van der Waals surface area contributed by atoms with Gasteiger partial charge >= 0.3 is 5.97 Å². The summed E-state index contributed by atoms with van der Waals surface area (Å²) in [6.45, 7) is 7.44. The van der Waals surface area contributed by atoms with Crippen molar-refractivity contribution in [2.75, 3.05) is 44.7 Å². The minimum atomic E-state index is -0.592. The fourth-order valence-electron chi connectivity index (χ4n) is 3.06. The third kappa shape index (κ3) is 5.61. The molecule has 0 aromatic heterocycles. The molecule has 7 heteroatoms. The molecule has 1 aliphatic heterocycles. The maximum absolute atomic E-state index is 12.4. The molecule has 0 bridgehead atoms. The minimum Gasteiger partial charge on any atom is -0.467 e. The summed E-state index contributed by atoms with van der Waals surface area (Å²) in [6, 6.07) is 7.21. The highest BCUT2D eigenvalue weighted by Gasteiger charge is 2.27. The lowest BCUT2D eigenvalue weighted by molar-refractivity contribution is -0.146. The van der Waals surface area contributed by atoms with Gasteiger partial charge in [0.2, 0.25) is 5.91 Å². The topological polar surface area (TPSA) is 61.9 Å². The highest BCUT2D eigenvalue weighted by atomic mass is 35.5. The molecule has 1 aromatic carbocycles. The smallest absolute Gasteiger partial charge is 0.328 e. The van der Waals surface area contributed by atoms with Gasteiger partial charge in [0.25, 0.3) is 0 Å². The van der Waals surface area contributed by atoms with Crippen molar-refractivity contribution in [1.82, 2.24) is 10.2 Å². The Labute approximate surface area is 160 Å². The van der Waals surface area contributed by atoms with Crippen molar-refractivity contribution in [2.24, 2.45) is 5.92 Å². The molecular weight excluding hydrogens is 354 g/mol. The van der Waals surface area contributed by atoms with Gasteiger partial charge in [-0.05, 0) is 24.1 Å². The van der Waals surface area contributed by atoms with Crippen molar-refractivity contribution < 1.29 is 14.3 Å². The molecule has 1 aromatic rings. The Kier molecular flexibility index (Phi) is 7.72. The Morgan fingerprint density at radius 2 is 1.96 bits per heavy atom. The number of anilines is 1. The van der Waals surface area contributed by atoms with E-state index in [2.05, 4.69) is 15.1 Å². The zero-order valence-electron chi connectivity index (χ0n) is 15.7. The fourth-order valence-corrected chi connectivity index (χ4v) is 3.24. The van der Waals surface area contributed by atoms with Crippen LogP contribution in [0.1, 0.15) is 20.3 Å². The molecule has 2 unspecified atom stereocenters. The Hall–Kier alpha value is -1.79. The molecule has 1 amide bonds. The van der Waals surface area contributed by atoms with Gasteiger partial charge in [0.1, 0.15) is 6.04 Å². The predicted molar refractivity (Wildman–Crippen MR) is 104 cm³/mol. The molecule has 0 aliphatic carbocycles. The van der Waals surface area contributed by atoms with E-state index in [4.69, 9.17) is 16.3 Å². The van der Waals surface area contributed by atoms with Crippen molar-refractivity contribution in [3.63, 3.8) is 0 Å². The van der Waals surface area contributed by atoms with Crippen LogP contribution in [0.25, 0.3) is 0 Å². The average molecular weight is 382 g/mol. The molecule has 0 radical (unpaired) electrons. The van der Waals surface area contributed by atoms with Crippen LogP contribution in [0.15, 0.2) is 24.3 Å². The number of methoxy groups -OCH3 is 1. The monoisotopic (exact) mass is 381 g/mol. The quantitative estimate of drug-likeness (QED) is 0.733. The maximum Gasteiger partial charge on any atom is 0.328 e. The van der Waals surface area contributed by atoms with Gasteiger partial charge in [-0.25, -0.2) is 4.79 Å². The molecule has 2 atom stereocenters.